The van der Waals surface area contributed by atoms with Gasteiger partial charge < -0.3 is 10.8 Å². The van der Waals surface area contributed by atoms with Gasteiger partial charge in [0.2, 0.25) is 0 Å². The van der Waals surface area contributed by atoms with Gasteiger partial charge in [-0.1, -0.05) is 36.4 Å². The van der Waals surface area contributed by atoms with E-state index in [0.717, 1.165) is 11.1 Å². The molecule has 2 atom stereocenters. The van der Waals surface area contributed by atoms with Crippen molar-refractivity contribution in [3.63, 3.8) is 0 Å². The van der Waals surface area contributed by atoms with Crippen LogP contribution in [0.1, 0.15) is 17.2 Å². The number of rotatable bonds is 0. The summed E-state index contributed by atoms with van der Waals surface area (Å²) >= 11 is 0. The first kappa shape index (κ1) is 7.53. The van der Waals surface area contributed by atoms with E-state index >= 15 is 0 Å². The fourth-order valence-electron chi connectivity index (χ4n) is 1.46. The lowest BCUT2D eigenvalue weighted by molar-refractivity contribution is 0.162. The number of hydrogen-bond donors (Lipinski definition) is 2. The Bertz CT molecular complexity index is 319. The van der Waals surface area contributed by atoms with Crippen LogP contribution in [0.4, 0.5) is 0 Å². The molecule has 0 unspecified atom stereocenters. The third kappa shape index (κ3) is 1.05. The van der Waals surface area contributed by atoms with Crippen LogP contribution in [0.5, 0.6) is 0 Å². The molecule has 0 fully saturated rings. The van der Waals surface area contributed by atoms with Crippen molar-refractivity contribution in [2.24, 2.45) is 5.73 Å². The minimum atomic E-state index is -0.550. The Hall–Kier alpha value is -1.12. The lowest BCUT2D eigenvalue weighted by atomic mass is 9.92. The van der Waals surface area contributed by atoms with Crippen LogP contribution in [-0.4, -0.2) is 11.1 Å². The predicted octanol–water partition coefficient (Wildman–Crippen LogP) is 1.07. The van der Waals surface area contributed by atoms with Crippen molar-refractivity contribution in [2.45, 2.75) is 12.1 Å². The maximum absolute atomic E-state index is 9.65. The summed E-state index contributed by atoms with van der Waals surface area (Å²) in [6.07, 6.45) is 3.23. The van der Waals surface area contributed by atoms with Crippen LogP contribution in [0.25, 0.3) is 6.08 Å². The molecule has 2 nitrogen and oxygen atoms in total. The van der Waals surface area contributed by atoms with E-state index in [0.29, 0.717) is 0 Å². The van der Waals surface area contributed by atoms with Gasteiger partial charge in [-0.3, -0.25) is 0 Å². The van der Waals surface area contributed by atoms with E-state index in [9.17, 15) is 5.11 Å². The topological polar surface area (TPSA) is 46.2 Å². The third-order valence-electron chi connectivity index (χ3n) is 2.18. The Labute approximate surface area is 71.3 Å². The van der Waals surface area contributed by atoms with Crippen LogP contribution in [0.2, 0.25) is 0 Å². The van der Waals surface area contributed by atoms with Gasteiger partial charge in [0.15, 0.2) is 0 Å². The van der Waals surface area contributed by atoms with E-state index < -0.39 is 6.10 Å². The molecule has 2 rings (SSSR count). The van der Waals surface area contributed by atoms with Crippen LogP contribution >= 0.6 is 0 Å². The molecule has 3 N–H and O–H groups in total. The van der Waals surface area contributed by atoms with Crippen molar-refractivity contribution in [3.8, 4) is 0 Å². The highest BCUT2D eigenvalue weighted by molar-refractivity contribution is 5.58. The molecular formula is C10H11NO. The summed E-state index contributed by atoms with van der Waals surface area (Å²) in [5.41, 5.74) is 7.64. The summed E-state index contributed by atoms with van der Waals surface area (Å²) in [7, 11) is 0. The Morgan fingerprint density at radius 3 is 2.83 bits per heavy atom. The second-order valence-corrected chi connectivity index (χ2v) is 3.01. The van der Waals surface area contributed by atoms with Crippen LogP contribution in [0.15, 0.2) is 30.3 Å². The molecule has 0 saturated carbocycles. The zero-order valence-electron chi connectivity index (χ0n) is 6.64. The summed E-state index contributed by atoms with van der Waals surface area (Å²) in [5.74, 6) is 0. The van der Waals surface area contributed by atoms with Crippen molar-refractivity contribution >= 4 is 6.08 Å². The Morgan fingerprint density at radius 1 is 1.25 bits per heavy atom. The summed E-state index contributed by atoms with van der Waals surface area (Å²) in [4.78, 5) is 0. The van der Waals surface area contributed by atoms with E-state index in [1.165, 1.54) is 0 Å². The smallest absolute Gasteiger partial charge is 0.0982 e. The van der Waals surface area contributed by atoms with Crippen molar-refractivity contribution < 1.29 is 5.11 Å². The van der Waals surface area contributed by atoms with E-state index in [1.54, 1.807) is 0 Å². The van der Waals surface area contributed by atoms with E-state index in [1.807, 2.05) is 36.4 Å². The van der Waals surface area contributed by atoms with E-state index in [4.69, 9.17) is 5.73 Å². The largest absolute Gasteiger partial charge is 0.386 e. The van der Waals surface area contributed by atoms with Gasteiger partial charge in [0.1, 0.15) is 0 Å². The molecule has 0 aliphatic heterocycles. The molecule has 0 bridgehead atoms. The van der Waals surface area contributed by atoms with Crippen LogP contribution < -0.4 is 5.73 Å². The average molecular weight is 161 g/mol. The molecule has 0 radical (unpaired) electrons. The van der Waals surface area contributed by atoms with Gasteiger partial charge in [-0.05, 0) is 11.1 Å². The molecule has 0 aromatic heterocycles. The highest BCUT2D eigenvalue weighted by Gasteiger charge is 2.19. The molecule has 1 aromatic carbocycles. The second kappa shape index (κ2) is 2.73. The molecule has 0 amide bonds. The molecule has 1 aliphatic carbocycles. The zero-order chi connectivity index (χ0) is 8.55. The van der Waals surface area contributed by atoms with Crippen molar-refractivity contribution in [1.82, 2.24) is 0 Å². The van der Waals surface area contributed by atoms with Crippen molar-refractivity contribution in [2.75, 3.05) is 0 Å². The second-order valence-electron chi connectivity index (χ2n) is 3.01. The third-order valence-corrected chi connectivity index (χ3v) is 2.18. The predicted molar refractivity (Wildman–Crippen MR) is 48.4 cm³/mol. The Balaban J connectivity index is 2.52. The summed E-state index contributed by atoms with van der Waals surface area (Å²) in [6.45, 7) is 0. The number of aliphatic hydroxyl groups excluding tert-OH is 1. The lowest BCUT2D eigenvalue weighted by Gasteiger charge is -2.22. The van der Waals surface area contributed by atoms with Gasteiger partial charge in [-0.2, -0.15) is 0 Å². The first-order chi connectivity index (χ1) is 5.79. The van der Waals surface area contributed by atoms with Crippen LogP contribution in [0.3, 0.4) is 0 Å². The van der Waals surface area contributed by atoms with Crippen molar-refractivity contribution in [3.05, 3.63) is 41.5 Å². The average Bonchev–Trinajstić information content (AvgIpc) is 2.12. The van der Waals surface area contributed by atoms with Crippen LogP contribution in [0, 0.1) is 0 Å². The van der Waals surface area contributed by atoms with E-state index in [-0.39, 0.29) is 6.04 Å². The minimum Gasteiger partial charge on any atom is -0.386 e. The molecule has 0 spiro atoms. The Kier molecular flexibility index (Phi) is 1.71. The van der Waals surface area contributed by atoms with E-state index in [2.05, 4.69) is 0 Å². The molecule has 0 heterocycles. The number of aliphatic hydroxyl groups is 1. The first-order valence-corrected chi connectivity index (χ1v) is 4.00. The highest BCUT2D eigenvalue weighted by atomic mass is 16.3. The minimum absolute atomic E-state index is 0.264. The van der Waals surface area contributed by atoms with Gasteiger partial charge in [0, 0.05) is 0 Å². The molecule has 2 heteroatoms. The number of benzene rings is 1. The SMILES string of the molecule is N[C@@H]1C=Cc2ccccc2[C@H]1O. The van der Waals surface area contributed by atoms with Gasteiger partial charge >= 0.3 is 0 Å². The highest BCUT2D eigenvalue weighted by Crippen LogP contribution is 2.26. The maximum atomic E-state index is 9.65. The molecule has 1 aromatic rings. The van der Waals surface area contributed by atoms with Crippen LogP contribution in [-0.2, 0) is 0 Å². The number of nitrogens with two attached hydrogens (primary N) is 1. The van der Waals surface area contributed by atoms with Gasteiger partial charge in [-0.15, -0.1) is 0 Å². The Morgan fingerprint density at radius 2 is 2.00 bits per heavy atom. The number of hydrogen-bond acceptors (Lipinski definition) is 2. The van der Waals surface area contributed by atoms with Gasteiger partial charge in [-0.25, -0.2) is 0 Å². The van der Waals surface area contributed by atoms with Gasteiger partial charge in [0.05, 0.1) is 12.1 Å². The standard InChI is InChI=1S/C10H11NO/c11-9-6-5-7-3-1-2-4-8(7)10(9)12/h1-6,9-10,12H,11H2/t9-,10-/m1/s1. The summed E-state index contributed by atoms with van der Waals surface area (Å²) in [5, 5.41) is 9.65. The summed E-state index contributed by atoms with van der Waals surface area (Å²) in [6, 6.07) is 7.48. The monoisotopic (exact) mass is 161 g/mol. The lowest BCUT2D eigenvalue weighted by Crippen LogP contribution is -2.28. The molecule has 12 heavy (non-hydrogen) atoms. The molecule has 0 saturated heterocycles. The molecule has 1 aliphatic rings. The maximum Gasteiger partial charge on any atom is 0.0982 e. The fourth-order valence-corrected chi connectivity index (χ4v) is 1.46. The fraction of sp³-hybridized carbons (Fsp3) is 0.200. The molecule has 62 valence electrons. The quantitative estimate of drug-likeness (QED) is 0.598. The summed E-state index contributed by atoms with van der Waals surface area (Å²) < 4.78 is 0. The number of fused-ring (bicyclic) bond motifs is 1. The first-order valence-electron chi connectivity index (χ1n) is 4.00. The normalized spacial score (nSPS) is 26.8. The van der Waals surface area contributed by atoms with Gasteiger partial charge in [0.25, 0.3) is 0 Å². The zero-order valence-corrected chi connectivity index (χ0v) is 6.64. The van der Waals surface area contributed by atoms with Crippen molar-refractivity contribution in [1.29, 1.82) is 0 Å². The molecular weight excluding hydrogens is 150 g/mol.